The molecule has 1 N–H and O–H groups in total. The number of rotatable bonds is 6. The van der Waals surface area contributed by atoms with Crippen molar-refractivity contribution in [2.45, 2.75) is 32.5 Å². The maximum absolute atomic E-state index is 6.21. The minimum Gasteiger partial charge on any atom is -0.383 e. The monoisotopic (exact) mass is 312 g/mol. The normalized spacial score (nSPS) is 22.6. The molecule has 1 aliphatic heterocycles. The number of methoxy groups -OCH3 is 1. The average Bonchev–Trinajstić information content (AvgIpc) is 2.47. The Labute approximate surface area is 132 Å². The summed E-state index contributed by atoms with van der Waals surface area (Å²) in [6, 6.07) is 6.47. The summed E-state index contributed by atoms with van der Waals surface area (Å²) in [6.45, 7) is 8.32. The fourth-order valence-electron chi connectivity index (χ4n) is 2.59. The zero-order chi connectivity index (χ0) is 15.2. The second-order valence-electron chi connectivity index (χ2n) is 5.59. The Balaban J connectivity index is 2.13. The first-order valence-electron chi connectivity index (χ1n) is 7.48. The molecule has 2 rings (SSSR count). The van der Waals surface area contributed by atoms with Gasteiger partial charge in [0.25, 0.3) is 0 Å². The van der Waals surface area contributed by atoms with Gasteiger partial charge in [0.1, 0.15) is 0 Å². The number of anilines is 1. The van der Waals surface area contributed by atoms with Crippen molar-refractivity contribution in [3.05, 3.63) is 28.8 Å². The second-order valence-corrected chi connectivity index (χ2v) is 6.02. The van der Waals surface area contributed by atoms with Crippen LogP contribution in [0.15, 0.2) is 18.2 Å². The van der Waals surface area contributed by atoms with E-state index in [1.807, 2.05) is 6.07 Å². The van der Waals surface area contributed by atoms with Gasteiger partial charge in [0.05, 0.1) is 19.3 Å². The van der Waals surface area contributed by atoms with Crippen LogP contribution in [0.3, 0.4) is 0 Å². The fraction of sp³-hybridized carbons (Fsp3) is 0.625. The SMILES string of the molecule is COCCNCc1ccc(Cl)cc1N1CC(C)OCC1C. The van der Waals surface area contributed by atoms with E-state index in [1.165, 1.54) is 11.3 Å². The van der Waals surface area contributed by atoms with Gasteiger partial charge in [-0.25, -0.2) is 0 Å². The number of nitrogens with zero attached hydrogens (tertiary/aromatic N) is 1. The van der Waals surface area contributed by atoms with E-state index in [0.717, 1.165) is 31.3 Å². The summed E-state index contributed by atoms with van der Waals surface area (Å²) in [6.07, 6.45) is 0.245. The third-order valence-corrected chi connectivity index (χ3v) is 4.00. The van der Waals surface area contributed by atoms with E-state index in [2.05, 4.69) is 36.2 Å². The van der Waals surface area contributed by atoms with Crippen LogP contribution in [0.1, 0.15) is 19.4 Å². The number of nitrogens with one attached hydrogen (secondary N) is 1. The van der Waals surface area contributed by atoms with E-state index in [9.17, 15) is 0 Å². The lowest BCUT2D eigenvalue weighted by atomic mass is 10.1. The number of halogens is 1. The number of ether oxygens (including phenoxy) is 2. The smallest absolute Gasteiger partial charge is 0.0723 e. The van der Waals surface area contributed by atoms with Crippen LogP contribution in [0.4, 0.5) is 5.69 Å². The third-order valence-electron chi connectivity index (χ3n) is 3.76. The summed E-state index contributed by atoms with van der Waals surface area (Å²) in [5.74, 6) is 0. The molecule has 21 heavy (non-hydrogen) atoms. The summed E-state index contributed by atoms with van der Waals surface area (Å²) < 4.78 is 10.8. The molecular formula is C16H25ClN2O2. The van der Waals surface area contributed by atoms with Crippen LogP contribution in [0, 0.1) is 0 Å². The van der Waals surface area contributed by atoms with Gasteiger partial charge in [0, 0.05) is 43.5 Å². The third kappa shape index (κ3) is 4.58. The molecule has 5 heteroatoms. The van der Waals surface area contributed by atoms with Gasteiger partial charge < -0.3 is 19.7 Å². The lowest BCUT2D eigenvalue weighted by Gasteiger charge is -2.39. The van der Waals surface area contributed by atoms with Gasteiger partial charge in [0.2, 0.25) is 0 Å². The molecule has 2 unspecified atom stereocenters. The van der Waals surface area contributed by atoms with Crippen molar-refractivity contribution in [1.29, 1.82) is 0 Å². The molecule has 1 heterocycles. The predicted octanol–water partition coefficient (Wildman–Crippen LogP) is 2.69. The highest BCUT2D eigenvalue weighted by Crippen LogP contribution is 2.29. The molecule has 1 fully saturated rings. The Hall–Kier alpha value is -0.810. The van der Waals surface area contributed by atoms with Crippen molar-refractivity contribution >= 4 is 17.3 Å². The van der Waals surface area contributed by atoms with Gasteiger partial charge in [-0.2, -0.15) is 0 Å². The van der Waals surface area contributed by atoms with E-state index >= 15 is 0 Å². The van der Waals surface area contributed by atoms with E-state index in [-0.39, 0.29) is 6.10 Å². The number of hydrogen-bond donors (Lipinski definition) is 1. The second kappa shape index (κ2) is 7.99. The van der Waals surface area contributed by atoms with Crippen LogP contribution in [0.2, 0.25) is 5.02 Å². The minimum atomic E-state index is 0.245. The van der Waals surface area contributed by atoms with Crippen molar-refractivity contribution in [3.8, 4) is 0 Å². The fourth-order valence-corrected chi connectivity index (χ4v) is 2.76. The van der Waals surface area contributed by atoms with Crippen molar-refractivity contribution in [3.63, 3.8) is 0 Å². The Morgan fingerprint density at radius 2 is 2.24 bits per heavy atom. The van der Waals surface area contributed by atoms with Gasteiger partial charge in [-0.3, -0.25) is 0 Å². The van der Waals surface area contributed by atoms with Crippen LogP contribution >= 0.6 is 11.6 Å². The quantitative estimate of drug-likeness (QED) is 0.819. The van der Waals surface area contributed by atoms with Crippen LogP contribution < -0.4 is 10.2 Å². The first kappa shape index (κ1) is 16.6. The largest absolute Gasteiger partial charge is 0.383 e. The molecule has 0 amide bonds. The highest BCUT2D eigenvalue weighted by molar-refractivity contribution is 6.30. The summed E-state index contributed by atoms with van der Waals surface area (Å²) in [5.41, 5.74) is 2.46. The number of morpholine rings is 1. The summed E-state index contributed by atoms with van der Waals surface area (Å²) in [7, 11) is 1.71. The molecule has 2 atom stereocenters. The standard InChI is InChI=1S/C16H25ClN2O2/c1-12-11-21-13(2)10-19(12)16-8-15(17)5-4-14(16)9-18-6-7-20-3/h4-5,8,12-13,18H,6-7,9-11H2,1-3H3. The molecule has 0 aromatic heterocycles. The number of hydrogen-bond acceptors (Lipinski definition) is 4. The van der Waals surface area contributed by atoms with E-state index in [0.29, 0.717) is 12.6 Å². The van der Waals surface area contributed by atoms with Crippen LogP contribution in [-0.2, 0) is 16.0 Å². The first-order chi connectivity index (χ1) is 10.1. The molecule has 0 saturated carbocycles. The Bertz CT molecular complexity index is 456. The first-order valence-corrected chi connectivity index (χ1v) is 7.86. The lowest BCUT2D eigenvalue weighted by Crippen LogP contribution is -2.48. The van der Waals surface area contributed by atoms with Crippen LogP contribution in [-0.4, -0.2) is 45.6 Å². The lowest BCUT2D eigenvalue weighted by molar-refractivity contribution is 0.0343. The molecule has 4 nitrogen and oxygen atoms in total. The van der Waals surface area contributed by atoms with Crippen LogP contribution in [0.5, 0.6) is 0 Å². The molecule has 118 valence electrons. The topological polar surface area (TPSA) is 33.7 Å². The van der Waals surface area contributed by atoms with Gasteiger partial charge in [0.15, 0.2) is 0 Å². The minimum absolute atomic E-state index is 0.245. The van der Waals surface area contributed by atoms with Gasteiger partial charge >= 0.3 is 0 Å². The maximum atomic E-state index is 6.21. The molecule has 1 aromatic carbocycles. The summed E-state index contributed by atoms with van der Waals surface area (Å²) in [5, 5.41) is 4.18. The van der Waals surface area contributed by atoms with E-state index in [4.69, 9.17) is 21.1 Å². The predicted molar refractivity (Wildman–Crippen MR) is 87.3 cm³/mol. The molecule has 0 spiro atoms. The molecule has 1 aliphatic rings. The van der Waals surface area contributed by atoms with Gasteiger partial charge in [-0.15, -0.1) is 0 Å². The zero-order valence-corrected chi connectivity index (χ0v) is 13.8. The Morgan fingerprint density at radius 3 is 3.00 bits per heavy atom. The summed E-state index contributed by atoms with van der Waals surface area (Å²) in [4.78, 5) is 2.40. The van der Waals surface area contributed by atoms with Gasteiger partial charge in [-0.1, -0.05) is 17.7 Å². The highest BCUT2D eigenvalue weighted by Gasteiger charge is 2.25. The van der Waals surface area contributed by atoms with Crippen molar-refractivity contribution in [2.24, 2.45) is 0 Å². The van der Waals surface area contributed by atoms with E-state index < -0.39 is 0 Å². The Morgan fingerprint density at radius 1 is 1.43 bits per heavy atom. The molecule has 0 aliphatic carbocycles. The van der Waals surface area contributed by atoms with Crippen LogP contribution in [0.25, 0.3) is 0 Å². The van der Waals surface area contributed by atoms with Crippen molar-refractivity contribution in [1.82, 2.24) is 5.32 Å². The zero-order valence-electron chi connectivity index (χ0n) is 13.1. The number of benzene rings is 1. The Kier molecular flexibility index (Phi) is 6.30. The maximum Gasteiger partial charge on any atom is 0.0723 e. The highest BCUT2D eigenvalue weighted by atomic mass is 35.5. The summed E-state index contributed by atoms with van der Waals surface area (Å²) >= 11 is 6.21. The van der Waals surface area contributed by atoms with E-state index in [1.54, 1.807) is 7.11 Å². The average molecular weight is 313 g/mol. The molecule has 1 aromatic rings. The molecule has 0 radical (unpaired) electrons. The van der Waals surface area contributed by atoms with Gasteiger partial charge in [-0.05, 0) is 31.5 Å². The molecular weight excluding hydrogens is 288 g/mol. The molecule has 0 bridgehead atoms. The van der Waals surface area contributed by atoms with Crippen molar-refractivity contribution in [2.75, 3.05) is 38.3 Å². The molecule has 1 saturated heterocycles. The van der Waals surface area contributed by atoms with Crippen molar-refractivity contribution < 1.29 is 9.47 Å².